The van der Waals surface area contributed by atoms with Crippen LogP contribution in [-0.2, 0) is 0 Å². The Morgan fingerprint density at radius 3 is 1.11 bits per heavy atom. The van der Waals surface area contributed by atoms with Gasteiger partial charge in [-0.2, -0.15) is 0 Å². The topological polar surface area (TPSA) is 3.24 Å². The number of hydrogen-bond donors (Lipinski definition) is 0. The lowest BCUT2D eigenvalue weighted by atomic mass is 9.93. The number of para-hydroxylation sites is 2. The summed E-state index contributed by atoms with van der Waals surface area (Å²) < 4.78 is 0. The summed E-state index contributed by atoms with van der Waals surface area (Å²) in [7, 11) is 0. The molecule has 0 radical (unpaired) electrons. The van der Waals surface area contributed by atoms with Crippen molar-refractivity contribution in [1.29, 1.82) is 0 Å². The summed E-state index contributed by atoms with van der Waals surface area (Å²) in [5, 5.41) is 0. The van der Waals surface area contributed by atoms with Gasteiger partial charge in [0.25, 0.3) is 0 Å². The molecule has 0 aromatic heterocycles. The van der Waals surface area contributed by atoms with E-state index in [2.05, 4.69) is 242 Å². The maximum absolute atomic E-state index is 2.29. The highest BCUT2D eigenvalue weighted by molar-refractivity contribution is 5.92. The fourth-order valence-corrected chi connectivity index (χ4v) is 6.68. The molecule has 1 nitrogen and oxygen atoms in total. The molecule has 0 unspecified atom stereocenters. The quantitative estimate of drug-likeness (QED) is 0.130. The van der Waals surface area contributed by atoms with Crippen LogP contribution < -0.4 is 4.90 Å². The Labute approximate surface area is 313 Å². The molecule has 0 aliphatic carbocycles. The minimum Gasteiger partial charge on any atom is -0.311 e. The molecule has 0 N–H and O–H groups in total. The maximum atomic E-state index is 2.29. The number of nitrogens with zero attached hydrogens (tertiary/aromatic N) is 1. The van der Waals surface area contributed by atoms with Gasteiger partial charge >= 0.3 is 0 Å². The van der Waals surface area contributed by atoms with E-state index >= 15 is 0 Å². The van der Waals surface area contributed by atoms with Crippen molar-refractivity contribution in [2.75, 3.05) is 4.90 Å². The minimum atomic E-state index is 1.12. The smallest absolute Gasteiger partial charge is 0.0462 e. The first kappa shape index (κ1) is 33.2. The van der Waals surface area contributed by atoms with Crippen molar-refractivity contribution in [1.82, 2.24) is 0 Å². The van der Waals surface area contributed by atoms with Gasteiger partial charge < -0.3 is 4.90 Å². The lowest BCUT2D eigenvalue weighted by molar-refractivity contribution is 1.28. The molecule has 0 atom stereocenters. The summed E-state index contributed by atoms with van der Waals surface area (Å²) in [6.45, 7) is 0. The van der Waals surface area contributed by atoms with Crippen LogP contribution in [0.15, 0.2) is 218 Å². The first-order chi connectivity index (χ1) is 26.3. The highest BCUT2D eigenvalue weighted by Gasteiger charge is 2.11. The lowest BCUT2D eigenvalue weighted by Crippen LogP contribution is -2.09. The monoisotopic (exact) mass is 677 g/mol. The molecule has 0 saturated heterocycles. The molecule has 0 aliphatic heterocycles. The van der Waals surface area contributed by atoms with Gasteiger partial charge in [-0.1, -0.05) is 194 Å². The lowest BCUT2D eigenvalue weighted by Gasteiger charge is -2.25. The van der Waals surface area contributed by atoms with E-state index in [1.165, 1.54) is 50.1 Å². The molecule has 0 bridgehead atoms. The van der Waals surface area contributed by atoms with Crippen LogP contribution in [-0.4, -0.2) is 0 Å². The van der Waals surface area contributed by atoms with Crippen molar-refractivity contribution in [3.8, 4) is 22.3 Å². The van der Waals surface area contributed by atoms with Gasteiger partial charge in [-0.25, -0.2) is 0 Å². The SMILES string of the molecule is C(=C\c1ccc(N(c2ccccc2)c2ccccc2)cc1)/c1ccc(-c2ccc(/C=C(\c3ccccc3)c3ccc(-c4ccccc4)cc3)cc2)cc1. The van der Waals surface area contributed by atoms with Crippen molar-refractivity contribution in [2.24, 2.45) is 0 Å². The minimum absolute atomic E-state index is 1.12. The number of anilines is 3. The Hall–Kier alpha value is -6.96. The molecule has 0 fully saturated rings. The molecule has 8 rings (SSSR count). The Bertz CT molecular complexity index is 2370. The first-order valence-corrected chi connectivity index (χ1v) is 18.1. The van der Waals surface area contributed by atoms with Gasteiger partial charge in [0.05, 0.1) is 0 Å². The Kier molecular flexibility index (Phi) is 9.98. The van der Waals surface area contributed by atoms with Crippen LogP contribution in [0.2, 0.25) is 0 Å². The summed E-state index contributed by atoms with van der Waals surface area (Å²) in [6, 6.07) is 77.4. The van der Waals surface area contributed by atoms with E-state index in [0.29, 0.717) is 0 Å². The highest BCUT2D eigenvalue weighted by atomic mass is 15.1. The van der Waals surface area contributed by atoms with Crippen LogP contribution in [0.5, 0.6) is 0 Å². The van der Waals surface area contributed by atoms with Crippen LogP contribution >= 0.6 is 0 Å². The number of hydrogen-bond acceptors (Lipinski definition) is 1. The standard InChI is InChI=1S/C52H39N/c1-5-13-43(14-6-1)46-33-35-48(36-34-46)52(47-15-7-2-8-16-47)39-42-25-31-45(32-26-42)44-29-23-40(24-30-44)21-22-41-27-37-51(38-28-41)53(49-17-9-3-10-18-49)50-19-11-4-12-20-50/h1-39H/b22-21+,52-39+. The van der Waals surface area contributed by atoms with Crippen LogP contribution in [0.25, 0.3) is 46.1 Å². The predicted octanol–water partition coefficient (Wildman–Crippen LogP) is 14.2. The van der Waals surface area contributed by atoms with E-state index in [4.69, 9.17) is 0 Å². The van der Waals surface area contributed by atoms with E-state index in [-0.39, 0.29) is 0 Å². The third-order valence-corrected chi connectivity index (χ3v) is 9.50. The molecule has 1 heteroatoms. The van der Waals surface area contributed by atoms with Gasteiger partial charge in [0.1, 0.15) is 0 Å². The molecular weight excluding hydrogens is 639 g/mol. The van der Waals surface area contributed by atoms with Crippen LogP contribution in [0, 0.1) is 0 Å². The van der Waals surface area contributed by atoms with E-state index in [9.17, 15) is 0 Å². The zero-order valence-corrected chi connectivity index (χ0v) is 29.5. The Morgan fingerprint density at radius 2 is 0.623 bits per heavy atom. The zero-order chi connectivity index (χ0) is 35.7. The number of benzene rings is 8. The van der Waals surface area contributed by atoms with Gasteiger partial charge in [-0.3, -0.25) is 0 Å². The largest absolute Gasteiger partial charge is 0.311 e. The second-order valence-electron chi connectivity index (χ2n) is 13.0. The van der Waals surface area contributed by atoms with Gasteiger partial charge in [0, 0.05) is 17.1 Å². The average molecular weight is 678 g/mol. The van der Waals surface area contributed by atoms with Gasteiger partial charge in [-0.15, -0.1) is 0 Å². The molecule has 0 spiro atoms. The van der Waals surface area contributed by atoms with E-state index in [0.717, 1.165) is 22.6 Å². The third-order valence-electron chi connectivity index (χ3n) is 9.50. The fourth-order valence-electron chi connectivity index (χ4n) is 6.68. The number of rotatable bonds is 10. The summed E-state index contributed by atoms with van der Waals surface area (Å²) in [5.41, 5.74) is 15.3. The van der Waals surface area contributed by atoms with Crippen molar-refractivity contribution in [3.05, 3.63) is 246 Å². The Morgan fingerprint density at radius 1 is 0.283 bits per heavy atom. The summed E-state index contributed by atoms with van der Waals surface area (Å²) in [4.78, 5) is 2.28. The van der Waals surface area contributed by atoms with Gasteiger partial charge in [0.2, 0.25) is 0 Å². The molecule has 8 aromatic rings. The maximum Gasteiger partial charge on any atom is 0.0462 e. The van der Waals surface area contributed by atoms with Crippen LogP contribution in [0.4, 0.5) is 17.1 Å². The van der Waals surface area contributed by atoms with Crippen molar-refractivity contribution < 1.29 is 0 Å². The Balaban J connectivity index is 0.970. The van der Waals surface area contributed by atoms with Crippen molar-refractivity contribution in [2.45, 2.75) is 0 Å². The average Bonchev–Trinajstić information content (AvgIpc) is 3.24. The summed E-state index contributed by atoms with van der Waals surface area (Å²) >= 11 is 0. The molecule has 8 aromatic carbocycles. The van der Waals surface area contributed by atoms with Crippen LogP contribution in [0.3, 0.4) is 0 Å². The second-order valence-corrected chi connectivity index (χ2v) is 13.0. The summed E-state index contributed by atoms with van der Waals surface area (Å²) in [5.74, 6) is 0. The predicted molar refractivity (Wildman–Crippen MR) is 227 cm³/mol. The third kappa shape index (κ3) is 8.01. The zero-order valence-electron chi connectivity index (χ0n) is 29.5. The molecular formula is C52H39N. The van der Waals surface area contributed by atoms with Crippen molar-refractivity contribution >= 4 is 40.9 Å². The molecule has 0 saturated carbocycles. The molecule has 0 aliphatic rings. The van der Waals surface area contributed by atoms with Gasteiger partial charge in [-0.05, 0) is 98.1 Å². The normalized spacial score (nSPS) is 11.4. The van der Waals surface area contributed by atoms with E-state index < -0.39 is 0 Å². The first-order valence-electron chi connectivity index (χ1n) is 18.1. The molecule has 0 heterocycles. The van der Waals surface area contributed by atoms with Gasteiger partial charge in [0.15, 0.2) is 0 Å². The molecule has 252 valence electrons. The second kappa shape index (κ2) is 15.9. The van der Waals surface area contributed by atoms with E-state index in [1.54, 1.807) is 0 Å². The molecule has 0 amide bonds. The fraction of sp³-hybridized carbons (Fsp3) is 0. The highest BCUT2D eigenvalue weighted by Crippen LogP contribution is 2.34. The van der Waals surface area contributed by atoms with Crippen LogP contribution in [0.1, 0.15) is 27.8 Å². The summed E-state index contributed by atoms with van der Waals surface area (Å²) in [6.07, 6.45) is 6.64. The van der Waals surface area contributed by atoms with E-state index in [1.807, 2.05) is 0 Å². The molecule has 53 heavy (non-hydrogen) atoms. The van der Waals surface area contributed by atoms with Crippen molar-refractivity contribution in [3.63, 3.8) is 0 Å².